The molecule has 4 aromatic rings. The van der Waals surface area contributed by atoms with Gasteiger partial charge in [0, 0.05) is 26.7 Å². The number of anilines is 2. The molecular weight excluding hydrogens is 401 g/mol. The number of fused-ring (bicyclic) bond motifs is 1. The van der Waals surface area contributed by atoms with E-state index in [1.165, 1.54) is 0 Å². The Morgan fingerprint density at radius 2 is 1.56 bits per heavy atom. The van der Waals surface area contributed by atoms with Crippen molar-refractivity contribution in [2.24, 2.45) is 0 Å². The second kappa shape index (κ2) is 8.13. The first-order chi connectivity index (χ1) is 12.6. The Morgan fingerprint density at radius 3 is 2.33 bits per heavy atom. The van der Waals surface area contributed by atoms with Gasteiger partial charge >= 0.3 is 0 Å². The van der Waals surface area contributed by atoms with Crippen molar-refractivity contribution in [1.82, 2.24) is 9.97 Å². The van der Waals surface area contributed by atoms with Crippen LogP contribution in [0.3, 0.4) is 0 Å². The largest absolute Gasteiger partial charge is 0.339 e. The van der Waals surface area contributed by atoms with E-state index < -0.39 is 0 Å². The van der Waals surface area contributed by atoms with E-state index in [0.717, 1.165) is 33.5 Å². The van der Waals surface area contributed by atoms with Gasteiger partial charge in [-0.3, -0.25) is 0 Å². The first-order valence-corrected chi connectivity index (χ1v) is 8.92. The van der Waals surface area contributed by atoms with Crippen LogP contribution in [0.25, 0.3) is 22.3 Å². The van der Waals surface area contributed by atoms with Gasteiger partial charge in [0.1, 0.15) is 5.82 Å². The van der Waals surface area contributed by atoms with E-state index >= 15 is 0 Å². The van der Waals surface area contributed by atoms with Crippen molar-refractivity contribution in [1.29, 1.82) is 0 Å². The second-order valence-corrected chi connectivity index (χ2v) is 6.80. The highest BCUT2D eigenvalue weighted by Gasteiger charge is 2.11. The molecule has 0 unspecified atom stereocenters. The molecule has 0 fully saturated rings. The summed E-state index contributed by atoms with van der Waals surface area (Å²) >= 11 is 12.3. The third-order valence-electron chi connectivity index (χ3n) is 4.23. The number of rotatable bonds is 3. The third kappa shape index (κ3) is 4.01. The van der Waals surface area contributed by atoms with Gasteiger partial charge in [0.25, 0.3) is 0 Å². The summed E-state index contributed by atoms with van der Waals surface area (Å²) in [6.07, 6.45) is 0. The maximum atomic E-state index is 6.26. The molecule has 27 heavy (non-hydrogen) atoms. The van der Waals surface area contributed by atoms with Crippen molar-refractivity contribution in [3.05, 3.63) is 82.3 Å². The first kappa shape index (κ1) is 19.4. The summed E-state index contributed by atoms with van der Waals surface area (Å²) in [5.74, 6) is 1.38. The average molecular weight is 417 g/mol. The van der Waals surface area contributed by atoms with Gasteiger partial charge in [-0.15, -0.1) is 12.4 Å². The van der Waals surface area contributed by atoms with E-state index in [0.29, 0.717) is 15.9 Å². The summed E-state index contributed by atoms with van der Waals surface area (Å²) in [5.41, 5.74) is 3.67. The number of benzene rings is 3. The van der Waals surface area contributed by atoms with Crippen LogP contribution in [0.5, 0.6) is 0 Å². The van der Waals surface area contributed by atoms with E-state index in [9.17, 15) is 0 Å². The molecule has 3 nitrogen and oxygen atoms in total. The van der Waals surface area contributed by atoms with Crippen LogP contribution >= 0.6 is 35.6 Å². The highest BCUT2D eigenvalue weighted by atomic mass is 35.5. The number of aromatic nitrogens is 2. The molecule has 3 aromatic carbocycles. The zero-order valence-corrected chi connectivity index (χ0v) is 16.7. The molecular formula is C21H16Cl3N3. The minimum Gasteiger partial charge on any atom is -0.339 e. The fraction of sp³-hybridized carbons (Fsp3) is 0.0476. The summed E-state index contributed by atoms with van der Waals surface area (Å²) in [4.78, 5) is 9.46. The molecule has 136 valence electrons. The molecule has 0 aliphatic rings. The van der Waals surface area contributed by atoms with Crippen molar-refractivity contribution < 1.29 is 0 Å². The van der Waals surface area contributed by atoms with E-state index in [1.807, 2.05) is 73.7 Å². The molecule has 0 radical (unpaired) electrons. The summed E-state index contributed by atoms with van der Waals surface area (Å²) in [7, 11) is 0. The SMILES string of the molecule is Cc1c(Cl)cccc1Nc1nc(-c2ccc(Cl)cc2)nc2ccccc12.Cl. The molecule has 0 bridgehead atoms. The van der Waals surface area contributed by atoms with Crippen LogP contribution in [0.15, 0.2) is 66.7 Å². The lowest BCUT2D eigenvalue weighted by molar-refractivity contribution is 1.22. The lowest BCUT2D eigenvalue weighted by atomic mass is 10.1. The summed E-state index contributed by atoms with van der Waals surface area (Å²) in [6, 6.07) is 21.2. The molecule has 4 rings (SSSR count). The molecule has 0 saturated heterocycles. The van der Waals surface area contributed by atoms with Gasteiger partial charge in [-0.25, -0.2) is 9.97 Å². The van der Waals surface area contributed by atoms with Crippen LogP contribution in [0.2, 0.25) is 10.0 Å². The summed E-state index contributed by atoms with van der Waals surface area (Å²) in [6.45, 7) is 1.98. The molecule has 0 saturated carbocycles. The van der Waals surface area contributed by atoms with Crippen LogP contribution in [-0.2, 0) is 0 Å². The fourth-order valence-corrected chi connectivity index (χ4v) is 3.07. The number of hydrogen-bond acceptors (Lipinski definition) is 3. The van der Waals surface area contributed by atoms with E-state index in [1.54, 1.807) is 0 Å². The van der Waals surface area contributed by atoms with Gasteiger partial charge in [0.15, 0.2) is 5.82 Å². The van der Waals surface area contributed by atoms with E-state index in [2.05, 4.69) is 5.32 Å². The van der Waals surface area contributed by atoms with Gasteiger partial charge < -0.3 is 5.32 Å². The Balaban J connectivity index is 0.00000210. The molecule has 0 atom stereocenters. The van der Waals surface area contributed by atoms with Crippen molar-refractivity contribution >= 4 is 58.0 Å². The average Bonchev–Trinajstić information content (AvgIpc) is 2.66. The van der Waals surface area contributed by atoms with Crippen LogP contribution in [-0.4, -0.2) is 9.97 Å². The summed E-state index contributed by atoms with van der Waals surface area (Å²) < 4.78 is 0. The van der Waals surface area contributed by atoms with Gasteiger partial charge in [-0.05, 0) is 61.0 Å². The predicted octanol–water partition coefficient (Wildman–Crippen LogP) is 7.08. The van der Waals surface area contributed by atoms with Crippen LogP contribution < -0.4 is 5.32 Å². The molecule has 0 spiro atoms. The van der Waals surface area contributed by atoms with Crippen LogP contribution in [0, 0.1) is 6.92 Å². The molecule has 1 heterocycles. The molecule has 0 amide bonds. The van der Waals surface area contributed by atoms with Crippen molar-refractivity contribution in [3.8, 4) is 11.4 Å². The maximum Gasteiger partial charge on any atom is 0.162 e. The summed E-state index contributed by atoms with van der Waals surface area (Å²) in [5, 5.41) is 5.76. The topological polar surface area (TPSA) is 37.8 Å². The number of hydrogen-bond donors (Lipinski definition) is 1. The minimum absolute atomic E-state index is 0. The normalized spacial score (nSPS) is 10.5. The Kier molecular flexibility index (Phi) is 5.85. The molecule has 1 N–H and O–H groups in total. The first-order valence-electron chi connectivity index (χ1n) is 8.17. The number of nitrogens with zero attached hydrogens (tertiary/aromatic N) is 2. The standard InChI is InChI=1S/C21H15Cl2N3.ClH/c1-13-17(23)6-4-8-18(13)24-21-16-5-2-3-7-19(16)25-20(26-21)14-9-11-15(22)12-10-14;/h2-12H,1H3,(H,24,25,26);1H. The highest BCUT2D eigenvalue weighted by Crippen LogP contribution is 2.30. The lowest BCUT2D eigenvalue weighted by Crippen LogP contribution is -2.00. The smallest absolute Gasteiger partial charge is 0.162 e. The predicted molar refractivity (Wildman–Crippen MR) is 117 cm³/mol. The minimum atomic E-state index is 0. The molecule has 0 aliphatic heterocycles. The zero-order valence-electron chi connectivity index (χ0n) is 14.4. The molecule has 1 aromatic heterocycles. The Morgan fingerprint density at radius 1 is 0.815 bits per heavy atom. The Hall–Kier alpha value is -2.33. The van der Waals surface area contributed by atoms with Crippen molar-refractivity contribution in [2.75, 3.05) is 5.32 Å². The second-order valence-electron chi connectivity index (χ2n) is 5.96. The van der Waals surface area contributed by atoms with Gasteiger partial charge in [0.05, 0.1) is 5.52 Å². The highest BCUT2D eigenvalue weighted by molar-refractivity contribution is 6.31. The molecule has 6 heteroatoms. The zero-order chi connectivity index (χ0) is 18.1. The third-order valence-corrected chi connectivity index (χ3v) is 4.89. The van der Waals surface area contributed by atoms with E-state index in [-0.39, 0.29) is 12.4 Å². The van der Waals surface area contributed by atoms with Crippen LogP contribution in [0.1, 0.15) is 5.56 Å². The Bertz CT molecular complexity index is 1100. The monoisotopic (exact) mass is 415 g/mol. The number of halogens is 3. The Labute approximate surface area is 173 Å². The lowest BCUT2D eigenvalue weighted by Gasteiger charge is -2.13. The van der Waals surface area contributed by atoms with E-state index in [4.69, 9.17) is 33.2 Å². The van der Waals surface area contributed by atoms with Gasteiger partial charge in [-0.1, -0.05) is 41.4 Å². The maximum absolute atomic E-state index is 6.26. The number of nitrogens with one attached hydrogen (secondary N) is 1. The fourth-order valence-electron chi connectivity index (χ4n) is 2.77. The van der Waals surface area contributed by atoms with Crippen molar-refractivity contribution in [2.45, 2.75) is 6.92 Å². The van der Waals surface area contributed by atoms with Gasteiger partial charge in [0.2, 0.25) is 0 Å². The van der Waals surface area contributed by atoms with Crippen molar-refractivity contribution in [3.63, 3.8) is 0 Å². The van der Waals surface area contributed by atoms with Gasteiger partial charge in [-0.2, -0.15) is 0 Å². The molecule has 0 aliphatic carbocycles. The number of para-hydroxylation sites is 1. The van der Waals surface area contributed by atoms with Crippen LogP contribution in [0.4, 0.5) is 11.5 Å². The quantitative estimate of drug-likeness (QED) is 0.388.